The lowest BCUT2D eigenvalue weighted by Crippen LogP contribution is -2.33. The number of nitrogens with zero attached hydrogens (tertiary/aromatic N) is 4. The Hall–Kier alpha value is -1.72. The zero-order valence-electron chi connectivity index (χ0n) is 11.9. The Morgan fingerprint density at radius 1 is 1.09 bits per heavy atom. The van der Waals surface area contributed by atoms with Crippen LogP contribution in [-0.4, -0.2) is 39.2 Å². The highest BCUT2D eigenvalue weighted by Crippen LogP contribution is 2.27. The van der Waals surface area contributed by atoms with Crippen molar-refractivity contribution in [1.29, 1.82) is 0 Å². The summed E-state index contributed by atoms with van der Waals surface area (Å²) in [4.78, 5) is 6.93. The van der Waals surface area contributed by atoms with E-state index in [9.17, 15) is 0 Å². The standard InChI is InChI=1S/C16H15ClN4S/c17-13-3-1-12(2-4-13)14-11-15-16(18-5-6-21(15)19-14)20-7-9-22-10-8-20/h1-6,11H,7-10H2. The highest BCUT2D eigenvalue weighted by Gasteiger charge is 2.17. The zero-order chi connectivity index (χ0) is 14.9. The van der Waals surface area contributed by atoms with E-state index in [4.69, 9.17) is 11.6 Å². The van der Waals surface area contributed by atoms with Gasteiger partial charge >= 0.3 is 0 Å². The minimum Gasteiger partial charge on any atom is -0.353 e. The molecule has 2 aromatic heterocycles. The van der Waals surface area contributed by atoms with E-state index in [2.05, 4.69) is 21.0 Å². The Labute approximate surface area is 138 Å². The fraction of sp³-hybridized carbons (Fsp3) is 0.250. The molecule has 1 saturated heterocycles. The largest absolute Gasteiger partial charge is 0.353 e. The van der Waals surface area contributed by atoms with Gasteiger partial charge in [-0.15, -0.1) is 0 Å². The molecule has 1 aliphatic rings. The Bertz CT molecular complexity index is 794. The molecule has 0 aliphatic carbocycles. The summed E-state index contributed by atoms with van der Waals surface area (Å²) in [5.41, 5.74) is 3.06. The van der Waals surface area contributed by atoms with Gasteiger partial charge in [0.15, 0.2) is 5.82 Å². The summed E-state index contributed by atoms with van der Waals surface area (Å²) >= 11 is 7.96. The zero-order valence-corrected chi connectivity index (χ0v) is 13.5. The summed E-state index contributed by atoms with van der Waals surface area (Å²) in [6.45, 7) is 2.08. The van der Waals surface area contributed by atoms with Gasteiger partial charge in [0, 0.05) is 47.6 Å². The second kappa shape index (κ2) is 5.82. The number of benzene rings is 1. The van der Waals surface area contributed by atoms with Crippen molar-refractivity contribution in [1.82, 2.24) is 14.6 Å². The molecule has 1 aromatic carbocycles. The minimum atomic E-state index is 0.737. The van der Waals surface area contributed by atoms with Crippen molar-refractivity contribution in [3.63, 3.8) is 0 Å². The van der Waals surface area contributed by atoms with Crippen molar-refractivity contribution in [2.75, 3.05) is 29.5 Å². The maximum absolute atomic E-state index is 5.96. The van der Waals surface area contributed by atoms with Crippen LogP contribution >= 0.6 is 23.4 Å². The topological polar surface area (TPSA) is 33.4 Å². The number of halogens is 1. The van der Waals surface area contributed by atoms with Gasteiger partial charge in [0.2, 0.25) is 0 Å². The van der Waals surface area contributed by atoms with Gasteiger partial charge in [-0.3, -0.25) is 0 Å². The number of fused-ring (bicyclic) bond motifs is 1. The van der Waals surface area contributed by atoms with Crippen molar-refractivity contribution in [2.45, 2.75) is 0 Å². The molecule has 4 nitrogen and oxygen atoms in total. The molecule has 0 bridgehead atoms. The lowest BCUT2D eigenvalue weighted by atomic mass is 10.1. The molecule has 6 heteroatoms. The number of thioether (sulfide) groups is 1. The monoisotopic (exact) mass is 330 g/mol. The van der Waals surface area contributed by atoms with Crippen molar-refractivity contribution in [3.8, 4) is 11.3 Å². The highest BCUT2D eigenvalue weighted by atomic mass is 35.5. The van der Waals surface area contributed by atoms with Gasteiger partial charge in [-0.05, 0) is 18.2 Å². The number of anilines is 1. The van der Waals surface area contributed by atoms with E-state index in [0.29, 0.717) is 0 Å². The first-order chi connectivity index (χ1) is 10.8. The minimum absolute atomic E-state index is 0.737. The molecule has 0 spiro atoms. The quantitative estimate of drug-likeness (QED) is 0.719. The molecule has 0 amide bonds. The molecule has 22 heavy (non-hydrogen) atoms. The molecule has 112 valence electrons. The second-order valence-corrected chi connectivity index (χ2v) is 6.88. The molecule has 0 saturated carbocycles. The Kier molecular flexibility index (Phi) is 3.68. The van der Waals surface area contributed by atoms with E-state index in [-0.39, 0.29) is 0 Å². The molecule has 1 fully saturated rings. The molecule has 0 unspecified atom stereocenters. The van der Waals surface area contributed by atoms with Crippen molar-refractivity contribution < 1.29 is 0 Å². The maximum atomic E-state index is 5.96. The van der Waals surface area contributed by atoms with Gasteiger partial charge in [0.05, 0.1) is 5.69 Å². The second-order valence-electron chi connectivity index (χ2n) is 5.22. The number of rotatable bonds is 2. The smallest absolute Gasteiger partial charge is 0.154 e. The van der Waals surface area contributed by atoms with Crippen LogP contribution in [0.4, 0.5) is 5.82 Å². The molecule has 1 aliphatic heterocycles. The first kappa shape index (κ1) is 13.9. The highest BCUT2D eigenvalue weighted by molar-refractivity contribution is 7.99. The van der Waals surface area contributed by atoms with E-state index in [1.165, 1.54) is 0 Å². The molecule has 3 aromatic rings. The van der Waals surface area contributed by atoms with Gasteiger partial charge in [0.25, 0.3) is 0 Å². The van der Waals surface area contributed by atoms with E-state index >= 15 is 0 Å². The van der Waals surface area contributed by atoms with Crippen molar-refractivity contribution in [2.24, 2.45) is 0 Å². The summed E-state index contributed by atoms with van der Waals surface area (Å²) < 4.78 is 1.91. The van der Waals surface area contributed by atoms with Gasteiger partial charge in [0.1, 0.15) is 5.52 Å². The van der Waals surface area contributed by atoms with E-state index in [1.807, 2.05) is 52.9 Å². The number of hydrogen-bond acceptors (Lipinski definition) is 4. The van der Waals surface area contributed by atoms with Crippen LogP contribution in [0.2, 0.25) is 5.02 Å². The summed E-state index contributed by atoms with van der Waals surface area (Å²) in [6, 6.07) is 9.88. The fourth-order valence-electron chi connectivity index (χ4n) is 2.69. The number of hydrogen-bond donors (Lipinski definition) is 0. The van der Waals surface area contributed by atoms with Crippen LogP contribution in [0.15, 0.2) is 42.7 Å². The predicted molar refractivity (Wildman–Crippen MR) is 93.0 cm³/mol. The fourth-order valence-corrected chi connectivity index (χ4v) is 3.72. The summed E-state index contributed by atoms with van der Waals surface area (Å²) in [7, 11) is 0. The van der Waals surface area contributed by atoms with E-state index in [0.717, 1.165) is 52.2 Å². The Balaban J connectivity index is 1.78. The lowest BCUT2D eigenvalue weighted by Gasteiger charge is -2.27. The normalized spacial score (nSPS) is 15.4. The molecule has 0 N–H and O–H groups in total. The van der Waals surface area contributed by atoms with Crippen molar-refractivity contribution >= 4 is 34.7 Å². The van der Waals surface area contributed by atoms with Crippen LogP contribution < -0.4 is 4.90 Å². The molecule has 3 heterocycles. The average Bonchev–Trinajstić information content (AvgIpc) is 3.00. The van der Waals surface area contributed by atoms with Crippen LogP contribution in [-0.2, 0) is 0 Å². The predicted octanol–water partition coefficient (Wildman–Crippen LogP) is 3.60. The van der Waals surface area contributed by atoms with Crippen LogP contribution in [0.5, 0.6) is 0 Å². The third-order valence-corrected chi connectivity index (χ3v) is 5.01. The van der Waals surface area contributed by atoms with E-state index < -0.39 is 0 Å². The molecule has 0 atom stereocenters. The van der Waals surface area contributed by atoms with Crippen molar-refractivity contribution in [3.05, 3.63) is 47.7 Å². The third-order valence-electron chi connectivity index (χ3n) is 3.82. The molecular formula is C16H15ClN4S. The SMILES string of the molecule is Clc1ccc(-c2cc3c(N4CCSCC4)nccn3n2)cc1. The lowest BCUT2D eigenvalue weighted by molar-refractivity contribution is 0.831. The van der Waals surface area contributed by atoms with Gasteiger partial charge in [-0.25, -0.2) is 9.50 Å². The van der Waals surface area contributed by atoms with Crippen LogP contribution in [0.1, 0.15) is 0 Å². The van der Waals surface area contributed by atoms with Crippen LogP contribution in [0.3, 0.4) is 0 Å². The van der Waals surface area contributed by atoms with Gasteiger partial charge in [-0.2, -0.15) is 16.9 Å². The molecular weight excluding hydrogens is 316 g/mol. The molecule has 4 rings (SSSR count). The van der Waals surface area contributed by atoms with Gasteiger partial charge < -0.3 is 4.90 Å². The Morgan fingerprint density at radius 3 is 2.64 bits per heavy atom. The third kappa shape index (κ3) is 2.55. The summed E-state index contributed by atoms with van der Waals surface area (Å²) in [5, 5.41) is 5.41. The molecule has 0 radical (unpaired) electrons. The maximum Gasteiger partial charge on any atom is 0.154 e. The summed E-state index contributed by atoms with van der Waals surface area (Å²) in [5.74, 6) is 3.33. The summed E-state index contributed by atoms with van der Waals surface area (Å²) in [6.07, 6.45) is 3.72. The van der Waals surface area contributed by atoms with E-state index in [1.54, 1.807) is 0 Å². The van der Waals surface area contributed by atoms with Gasteiger partial charge in [-0.1, -0.05) is 23.7 Å². The van der Waals surface area contributed by atoms with Crippen LogP contribution in [0, 0.1) is 0 Å². The van der Waals surface area contributed by atoms with Crippen LogP contribution in [0.25, 0.3) is 16.8 Å². The first-order valence-electron chi connectivity index (χ1n) is 7.24. The number of aromatic nitrogens is 3. The first-order valence-corrected chi connectivity index (χ1v) is 8.77. The Morgan fingerprint density at radius 2 is 1.86 bits per heavy atom. The average molecular weight is 331 g/mol.